The summed E-state index contributed by atoms with van der Waals surface area (Å²) < 4.78 is 45.0. The van der Waals surface area contributed by atoms with Crippen molar-refractivity contribution in [1.82, 2.24) is 9.62 Å². The maximum Gasteiger partial charge on any atom is 0.240 e. The van der Waals surface area contributed by atoms with Crippen molar-refractivity contribution in [3.8, 4) is 5.75 Å². The molecule has 6 nitrogen and oxygen atoms in total. The van der Waals surface area contributed by atoms with Gasteiger partial charge in [-0.2, -0.15) is 0 Å². The fourth-order valence-electron chi connectivity index (χ4n) is 4.57. The molecule has 2 aliphatic rings. The van der Waals surface area contributed by atoms with E-state index >= 15 is 0 Å². The number of hydrogen-bond donors (Lipinski definition) is 1. The quantitative estimate of drug-likeness (QED) is 0.734. The number of halogens is 1. The van der Waals surface area contributed by atoms with Crippen molar-refractivity contribution in [3.05, 3.63) is 70.5 Å². The fourth-order valence-corrected chi connectivity index (χ4v) is 5.19. The molecule has 0 unspecified atom stereocenters. The number of likely N-dealkylation sites (tertiary alicyclic amines) is 1. The van der Waals surface area contributed by atoms with Gasteiger partial charge in [-0.1, -0.05) is 29.8 Å². The van der Waals surface area contributed by atoms with Gasteiger partial charge in [0.05, 0.1) is 11.7 Å². The van der Waals surface area contributed by atoms with Gasteiger partial charge >= 0.3 is 0 Å². The maximum atomic E-state index is 14.0. The molecule has 0 spiro atoms. The molecule has 2 aliphatic heterocycles. The van der Waals surface area contributed by atoms with Crippen molar-refractivity contribution >= 4 is 21.5 Å². The zero-order valence-corrected chi connectivity index (χ0v) is 20.0. The summed E-state index contributed by atoms with van der Waals surface area (Å²) in [7, 11) is -3.60. The number of ether oxygens (including phenoxy) is 1. The number of para-hydroxylation sites is 1. The number of nitrogens with one attached hydrogen (secondary N) is 1. The predicted octanol–water partition coefficient (Wildman–Crippen LogP) is 3.72. The zero-order valence-electron chi connectivity index (χ0n) is 19.2. The Morgan fingerprint density at radius 3 is 2.52 bits per heavy atom. The van der Waals surface area contributed by atoms with Gasteiger partial charge in [0.1, 0.15) is 18.2 Å². The number of carbonyl (C=O) groups excluding carboxylic acids is 1. The lowest BCUT2D eigenvalue weighted by atomic mass is 9.85. The van der Waals surface area contributed by atoms with Crippen LogP contribution in [0, 0.1) is 11.2 Å². The van der Waals surface area contributed by atoms with E-state index in [9.17, 15) is 17.6 Å². The molecule has 0 aromatic heterocycles. The number of amides is 1. The summed E-state index contributed by atoms with van der Waals surface area (Å²) in [5.74, 6) is 0.00893. The van der Waals surface area contributed by atoms with Crippen molar-refractivity contribution < 1.29 is 22.3 Å². The van der Waals surface area contributed by atoms with E-state index in [-0.39, 0.29) is 5.82 Å². The molecule has 33 heavy (non-hydrogen) atoms. The SMILES string of the molecule is CC(C)(CN1CCC(=C2c3ccc(F)cc3COc3ccccc32)CC1)C(=O)NS(C)(=O)=O. The molecule has 2 heterocycles. The van der Waals surface area contributed by atoms with Crippen molar-refractivity contribution in [2.24, 2.45) is 5.41 Å². The smallest absolute Gasteiger partial charge is 0.240 e. The highest BCUT2D eigenvalue weighted by Crippen LogP contribution is 2.41. The standard InChI is InChI=1S/C25H29FN2O4S/c1-25(2,24(29)27-33(3,30)31)16-28-12-10-17(11-13-28)23-20-9-8-19(26)14-18(20)15-32-22-7-5-4-6-21(22)23/h4-9,14H,10-13,15-16H2,1-3H3,(H,27,29). The van der Waals surface area contributed by atoms with Gasteiger partial charge in [-0.15, -0.1) is 0 Å². The minimum atomic E-state index is -3.60. The number of rotatable bonds is 4. The van der Waals surface area contributed by atoms with E-state index in [1.807, 2.05) is 30.3 Å². The third-order valence-corrected chi connectivity index (χ3v) is 6.76. The highest BCUT2D eigenvalue weighted by Gasteiger charge is 2.33. The first-order valence-electron chi connectivity index (χ1n) is 11.0. The van der Waals surface area contributed by atoms with Crippen LogP contribution in [0.4, 0.5) is 4.39 Å². The molecule has 0 aliphatic carbocycles. The third-order valence-electron chi connectivity index (χ3n) is 6.20. The Labute approximate surface area is 194 Å². The second kappa shape index (κ2) is 8.91. The Bertz CT molecular complexity index is 1210. The van der Waals surface area contributed by atoms with E-state index in [1.54, 1.807) is 19.9 Å². The van der Waals surface area contributed by atoms with E-state index < -0.39 is 21.3 Å². The topological polar surface area (TPSA) is 75.7 Å². The third kappa shape index (κ3) is 5.28. The Morgan fingerprint density at radius 1 is 1.12 bits per heavy atom. The van der Waals surface area contributed by atoms with Gasteiger partial charge in [-0.25, -0.2) is 12.8 Å². The number of nitrogens with zero attached hydrogens (tertiary/aromatic N) is 1. The van der Waals surface area contributed by atoms with Gasteiger partial charge in [0, 0.05) is 30.8 Å². The van der Waals surface area contributed by atoms with E-state index in [2.05, 4.69) is 9.62 Å². The summed E-state index contributed by atoms with van der Waals surface area (Å²) >= 11 is 0. The lowest BCUT2D eigenvalue weighted by Gasteiger charge is -2.35. The molecule has 4 rings (SSSR count). The first-order chi connectivity index (χ1) is 15.5. The van der Waals surface area contributed by atoms with Gasteiger partial charge in [0.15, 0.2) is 0 Å². The average molecular weight is 473 g/mol. The minimum Gasteiger partial charge on any atom is -0.488 e. The normalized spacial score (nSPS) is 17.0. The molecule has 1 saturated heterocycles. The van der Waals surface area contributed by atoms with Crippen molar-refractivity contribution in [3.63, 3.8) is 0 Å². The zero-order chi connectivity index (χ0) is 23.8. The molecule has 1 N–H and O–H groups in total. The minimum absolute atomic E-state index is 0.280. The Morgan fingerprint density at radius 2 is 1.82 bits per heavy atom. The summed E-state index contributed by atoms with van der Waals surface area (Å²) in [6.45, 7) is 5.77. The van der Waals surface area contributed by atoms with E-state index in [1.165, 1.54) is 11.6 Å². The van der Waals surface area contributed by atoms with Gasteiger partial charge in [-0.05, 0) is 56.0 Å². The molecule has 2 aromatic carbocycles. The van der Waals surface area contributed by atoms with E-state index in [4.69, 9.17) is 4.74 Å². The van der Waals surface area contributed by atoms with Crippen molar-refractivity contribution in [1.29, 1.82) is 0 Å². The van der Waals surface area contributed by atoms with E-state index in [0.29, 0.717) is 13.2 Å². The lowest BCUT2D eigenvalue weighted by Crippen LogP contribution is -2.47. The monoisotopic (exact) mass is 472 g/mol. The maximum absolute atomic E-state index is 14.0. The van der Waals surface area contributed by atoms with Crippen LogP contribution >= 0.6 is 0 Å². The van der Waals surface area contributed by atoms with Crippen LogP contribution < -0.4 is 9.46 Å². The average Bonchev–Trinajstić information content (AvgIpc) is 2.89. The molecular formula is C25H29FN2O4S. The summed E-state index contributed by atoms with van der Waals surface area (Å²) in [6.07, 6.45) is 2.58. The molecule has 8 heteroatoms. The first kappa shape index (κ1) is 23.4. The van der Waals surface area contributed by atoms with Gasteiger partial charge in [-0.3, -0.25) is 9.52 Å². The van der Waals surface area contributed by atoms with Crippen molar-refractivity contribution in [2.45, 2.75) is 33.3 Å². The van der Waals surface area contributed by atoms with Crippen LogP contribution in [0.1, 0.15) is 43.4 Å². The predicted molar refractivity (Wildman–Crippen MR) is 126 cm³/mol. The molecule has 0 radical (unpaired) electrons. The number of carbonyl (C=O) groups is 1. The second-order valence-corrected chi connectivity index (χ2v) is 11.2. The van der Waals surface area contributed by atoms with Crippen molar-refractivity contribution in [2.75, 3.05) is 25.9 Å². The molecule has 1 fully saturated rings. The number of benzene rings is 2. The highest BCUT2D eigenvalue weighted by atomic mass is 32.2. The fraction of sp³-hybridized carbons (Fsp3) is 0.400. The number of sulfonamides is 1. The van der Waals surface area contributed by atoms with Crippen LogP contribution in [0.3, 0.4) is 0 Å². The molecule has 2 aromatic rings. The molecule has 0 bridgehead atoms. The Hall–Kier alpha value is -2.71. The van der Waals surface area contributed by atoms with Gasteiger partial charge < -0.3 is 9.64 Å². The molecule has 1 amide bonds. The number of hydrogen-bond acceptors (Lipinski definition) is 5. The molecular weight excluding hydrogens is 443 g/mol. The van der Waals surface area contributed by atoms with Crippen LogP contribution in [0.15, 0.2) is 48.0 Å². The molecule has 0 saturated carbocycles. The molecule has 0 atom stereocenters. The lowest BCUT2D eigenvalue weighted by molar-refractivity contribution is -0.128. The first-order valence-corrected chi connectivity index (χ1v) is 12.9. The number of piperidine rings is 1. The Kier molecular flexibility index (Phi) is 6.33. The van der Waals surface area contributed by atoms with E-state index in [0.717, 1.165) is 60.2 Å². The largest absolute Gasteiger partial charge is 0.488 e. The van der Waals surface area contributed by atoms with Crippen LogP contribution in [-0.4, -0.2) is 45.1 Å². The van der Waals surface area contributed by atoms with Crippen LogP contribution in [0.5, 0.6) is 5.75 Å². The highest BCUT2D eigenvalue weighted by molar-refractivity contribution is 7.89. The molecule has 176 valence electrons. The van der Waals surface area contributed by atoms with Crippen LogP contribution in [0.25, 0.3) is 5.57 Å². The van der Waals surface area contributed by atoms with Gasteiger partial charge in [0.2, 0.25) is 15.9 Å². The Balaban J connectivity index is 1.59. The summed E-state index contributed by atoms with van der Waals surface area (Å²) in [5.41, 5.74) is 4.37. The summed E-state index contributed by atoms with van der Waals surface area (Å²) in [4.78, 5) is 14.6. The summed E-state index contributed by atoms with van der Waals surface area (Å²) in [6, 6.07) is 12.8. The number of fused-ring (bicyclic) bond motifs is 2. The van der Waals surface area contributed by atoms with Crippen LogP contribution in [0.2, 0.25) is 0 Å². The van der Waals surface area contributed by atoms with Crippen LogP contribution in [-0.2, 0) is 21.4 Å². The van der Waals surface area contributed by atoms with Gasteiger partial charge in [0.25, 0.3) is 0 Å². The summed E-state index contributed by atoms with van der Waals surface area (Å²) in [5, 5.41) is 0. The second-order valence-electron chi connectivity index (χ2n) is 9.43.